The third kappa shape index (κ3) is 5.48. The Morgan fingerprint density at radius 3 is 2.17 bits per heavy atom. The summed E-state index contributed by atoms with van der Waals surface area (Å²) in [6.07, 6.45) is -0.168. The van der Waals surface area contributed by atoms with Gasteiger partial charge in [0, 0.05) is 5.69 Å². The molecule has 3 amide bonds. The molecule has 0 aliphatic rings. The first-order valence-corrected chi connectivity index (χ1v) is 9.26. The van der Waals surface area contributed by atoms with E-state index in [-0.39, 0.29) is 6.10 Å². The lowest BCUT2D eigenvalue weighted by molar-refractivity contribution is 0.0526. The van der Waals surface area contributed by atoms with Crippen molar-refractivity contribution in [3.8, 4) is 0 Å². The van der Waals surface area contributed by atoms with Crippen molar-refractivity contribution in [3.63, 3.8) is 0 Å². The third-order valence-electron chi connectivity index (χ3n) is 4.40. The normalized spacial score (nSPS) is 11.6. The molecule has 0 bridgehead atoms. The molecule has 0 fully saturated rings. The number of hydrogen-bond donors (Lipinski definition) is 2. The van der Waals surface area contributed by atoms with Crippen molar-refractivity contribution < 1.29 is 23.1 Å². The average Bonchev–Trinajstić information content (AvgIpc) is 2.73. The Morgan fingerprint density at radius 1 is 0.900 bits per heavy atom. The molecule has 2 N–H and O–H groups in total. The van der Waals surface area contributed by atoms with Crippen LogP contribution in [-0.4, -0.2) is 11.9 Å². The predicted molar refractivity (Wildman–Crippen MR) is 109 cm³/mol. The van der Waals surface area contributed by atoms with Crippen molar-refractivity contribution in [2.45, 2.75) is 19.6 Å². The largest absolute Gasteiger partial charge is 0.369 e. The number of benzene rings is 3. The number of amides is 3. The van der Waals surface area contributed by atoms with Crippen LogP contribution in [0.4, 0.5) is 19.3 Å². The van der Waals surface area contributed by atoms with Crippen molar-refractivity contribution in [2.24, 2.45) is 0 Å². The highest BCUT2D eigenvalue weighted by Gasteiger charge is 2.19. The van der Waals surface area contributed by atoms with Crippen LogP contribution < -0.4 is 10.6 Å². The van der Waals surface area contributed by atoms with Gasteiger partial charge in [0.1, 0.15) is 17.2 Å². The highest BCUT2D eigenvalue weighted by atomic mass is 19.1. The van der Waals surface area contributed by atoms with Gasteiger partial charge < -0.3 is 10.1 Å². The minimum Gasteiger partial charge on any atom is -0.369 e. The first-order valence-electron chi connectivity index (χ1n) is 9.26. The number of hydrogen-bond acceptors (Lipinski definition) is 3. The number of rotatable bonds is 6. The van der Waals surface area contributed by atoms with Crippen LogP contribution >= 0.6 is 0 Å². The average molecular weight is 410 g/mol. The predicted octanol–water partition coefficient (Wildman–Crippen LogP) is 5.20. The summed E-state index contributed by atoms with van der Waals surface area (Å²) in [7, 11) is 0. The summed E-state index contributed by atoms with van der Waals surface area (Å²) < 4.78 is 33.1. The Hall–Kier alpha value is -3.58. The molecule has 0 aromatic heterocycles. The molecule has 7 heteroatoms. The number of ether oxygens (including phenoxy) is 1. The Kier molecular flexibility index (Phi) is 6.87. The lowest BCUT2D eigenvalue weighted by Crippen LogP contribution is -2.35. The summed E-state index contributed by atoms with van der Waals surface area (Å²) in [4.78, 5) is 23.9. The van der Waals surface area contributed by atoms with Crippen LogP contribution in [0.2, 0.25) is 0 Å². The van der Waals surface area contributed by atoms with Gasteiger partial charge in [0.05, 0.1) is 12.7 Å². The van der Waals surface area contributed by atoms with Gasteiger partial charge in [-0.25, -0.2) is 13.6 Å². The molecule has 3 rings (SSSR count). The zero-order valence-corrected chi connectivity index (χ0v) is 16.2. The maximum absolute atomic E-state index is 13.6. The van der Waals surface area contributed by atoms with Crippen molar-refractivity contribution in [2.75, 3.05) is 5.32 Å². The van der Waals surface area contributed by atoms with E-state index >= 15 is 0 Å². The number of carbonyl (C=O) groups is 2. The van der Waals surface area contributed by atoms with Gasteiger partial charge >= 0.3 is 6.03 Å². The Bertz CT molecular complexity index is 1000. The van der Waals surface area contributed by atoms with E-state index in [0.29, 0.717) is 12.3 Å². The van der Waals surface area contributed by atoms with E-state index in [0.717, 1.165) is 29.3 Å². The van der Waals surface area contributed by atoms with Gasteiger partial charge in [-0.2, -0.15) is 0 Å². The van der Waals surface area contributed by atoms with Crippen LogP contribution in [0, 0.1) is 11.6 Å². The van der Waals surface area contributed by atoms with Crippen LogP contribution in [-0.2, 0) is 11.3 Å². The minimum absolute atomic E-state index is 0.168. The smallest absolute Gasteiger partial charge is 0.326 e. The first kappa shape index (κ1) is 21.1. The van der Waals surface area contributed by atoms with E-state index in [4.69, 9.17) is 4.74 Å². The van der Waals surface area contributed by atoms with Crippen molar-refractivity contribution in [1.29, 1.82) is 0 Å². The Balaban J connectivity index is 1.54. The maximum atomic E-state index is 13.6. The molecule has 0 radical (unpaired) electrons. The van der Waals surface area contributed by atoms with Gasteiger partial charge in [-0.05, 0) is 42.3 Å². The summed E-state index contributed by atoms with van der Waals surface area (Å²) in [6.45, 7) is 2.39. The molecule has 0 aliphatic carbocycles. The number of imide groups is 1. The molecule has 0 saturated carbocycles. The molecule has 1 atom stereocenters. The molecule has 5 nitrogen and oxygen atoms in total. The molecule has 1 unspecified atom stereocenters. The third-order valence-corrected chi connectivity index (χ3v) is 4.40. The number of halogens is 2. The van der Waals surface area contributed by atoms with Crippen LogP contribution in [0.5, 0.6) is 0 Å². The quantitative estimate of drug-likeness (QED) is 0.587. The van der Waals surface area contributed by atoms with Gasteiger partial charge in [-0.1, -0.05) is 48.5 Å². The summed E-state index contributed by atoms with van der Waals surface area (Å²) in [5.41, 5.74) is 1.57. The fourth-order valence-electron chi connectivity index (χ4n) is 2.77. The molecule has 0 heterocycles. The van der Waals surface area contributed by atoms with E-state index in [2.05, 4.69) is 5.32 Å². The van der Waals surface area contributed by atoms with E-state index in [9.17, 15) is 18.4 Å². The number of carbonyl (C=O) groups excluding carboxylic acids is 2. The highest BCUT2D eigenvalue weighted by molar-refractivity contribution is 6.08. The first-order chi connectivity index (χ1) is 14.4. The number of anilines is 1. The molecule has 0 aliphatic heterocycles. The lowest BCUT2D eigenvalue weighted by atomic mass is 10.1. The van der Waals surface area contributed by atoms with Crippen molar-refractivity contribution in [1.82, 2.24) is 5.32 Å². The molecule has 30 heavy (non-hydrogen) atoms. The maximum Gasteiger partial charge on any atom is 0.326 e. The van der Waals surface area contributed by atoms with Gasteiger partial charge in [0.2, 0.25) is 0 Å². The zero-order chi connectivity index (χ0) is 21.5. The molecule has 0 saturated heterocycles. The van der Waals surface area contributed by atoms with Gasteiger partial charge in [0.15, 0.2) is 0 Å². The van der Waals surface area contributed by atoms with Crippen LogP contribution in [0.3, 0.4) is 0 Å². The fourth-order valence-corrected chi connectivity index (χ4v) is 2.77. The second kappa shape index (κ2) is 9.76. The summed E-state index contributed by atoms with van der Waals surface area (Å²) in [5, 5.41) is 4.36. The molecule has 0 spiro atoms. The molecular weight excluding hydrogens is 390 g/mol. The minimum atomic E-state index is -1.16. The van der Waals surface area contributed by atoms with E-state index in [1.807, 2.05) is 42.6 Å². The van der Waals surface area contributed by atoms with Gasteiger partial charge in [-0.15, -0.1) is 0 Å². The van der Waals surface area contributed by atoms with Gasteiger partial charge in [-0.3, -0.25) is 10.1 Å². The number of urea groups is 1. The fraction of sp³-hybridized carbons (Fsp3) is 0.130. The second-order valence-corrected chi connectivity index (χ2v) is 6.57. The Morgan fingerprint density at radius 2 is 1.53 bits per heavy atom. The van der Waals surface area contributed by atoms with Crippen molar-refractivity contribution in [3.05, 3.63) is 101 Å². The number of nitrogens with one attached hydrogen (secondary N) is 2. The highest BCUT2D eigenvalue weighted by Crippen LogP contribution is 2.21. The molecular formula is C23H20F2N2O3. The topological polar surface area (TPSA) is 67.4 Å². The zero-order valence-electron chi connectivity index (χ0n) is 16.2. The van der Waals surface area contributed by atoms with Crippen molar-refractivity contribution >= 4 is 17.6 Å². The van der Waals surface area contributed by atoms with Gasteiger partial charge in [0.25, 0.3) is 5.91 Å². The second-order valence-electron chi connectivity index (χ2n) is 6.57. The van der Waals surface area contributed by atoms with Crippen LogP contribution in [0.25, 0.3) is 0 Å². The van der Waals surface area contributed by atoms with E-state index < -0.39 is 29.1 Å². The summed E-state index contributed by atoms with van der Waals surface area (Å²) in [6, 6.07) is 18.8. The molecule has 3 aromatic carbocycles. The SMILES string of the molecule is CC(OCc1ccccc1)c1ccc(NC(=O)NC(=O)c2c(F)cccc2F)cc1. The van der Waals surface area contributed by atoms with Crippen LogP contribution in [0.1, 0.15) is 34.5 Å². The summed E-state index contributed by atoms with van der Waals surface area (Å²) in [5.74, 6) is -3.26. The van der Waals surface area contributed by atoms with E-state index in [1.54, 1.807) is 24.3 Å². The lowest BCUT2D eigenvalue weighted by Gasteiger charge is -2.14. The standard InChI is InChI=1S/C23H20F2N2O3/c1-15(30-14-16-6-3-2-4-7-16)17-10-12-18(13-11-17)26-23(29)27-22(28)21-19(24)8-5-9-20(21)25/h2-13,15H,14H2,1H3,(H2,26,27,28,29). The van der Waals surface area contributed by atoms with E-state index in [1.165, 1.54) is 0 Å². The molecule has 154 valence electrons. The monoisotopic (exact) mass is 410 g/mol. The molecule has 3 aromatic rings. The van der Waals surface area contributed by atoms with Crippen LogP contribution in [0.15, 0.2) is 72.8 Å². The summed E-state index contributed by atoms with van der Waals surface area (Å²) >= 11 is 0. The Labute approximate surface area is 172 Å².